The highest BCUT2D eigenvalue weighted by atomic mass is 19.1. The summed E-state index contributed by atoms with van der Waals surface area (Å²) in [5, 5.41) is 0. The molecule has 0 aliphatic rings. The second-order valence-electron chi connectivity index (χ2n) is 4.19. The van der Waals surface area contributed by atoms with Crippen LogP contribution in [0.3, 0.4) is 0 Å². The molecule has 0 radical (unpaired) electrons. The van der Waals surface area contributed by atoms with Crippen LogP contribution in [0.25, 0.3) is 0 Å². The van der Waals surface area contributed by atoms with Crippen molar-refractivity contribution in [2.24, 2.45) is 0 Å². The van der Waals surface area contributed by atoms with E-state index >= 15 is 0 Å². The molecule has 0 saturated carbocycles. The fourth-order valence-electron chi connectivity index (χ4n) is 1.67. The van der Waals surface area contributed by atoms with E-state index in [1.54, 1.807) is 14.0 Å². The summed E-state index contributed by atoms with van der Waals surface area (Å²) in [5.41, 5.74) is 0.930. The van der Waals surface area contributed by atoms with Gasteiger partial charge in [0, 0.05) is 30.8 Å². The van der Waals surface area contributed by atoms with E-state index in [-0.39, 0.29) is 12.5 Å². The maximum Gasteiger partial charge on any atom is 0.249 e. The fourth-order valence-corrected chi connectivity index (χ4v) is 1.67. The Morgan fingerprint density at radius 1 is 1.39 bits per heavy atom. The minimum atomic E-state index is -0.633. The van der Waals surface area contributed by atoms with Gasteiger partial charge in [0.15, 0.2) is 0 Å². The first-order chi connectivity index (χ1) is 8.45. The molecule has 0 N–H and O–H groups in total. The first-order valence-electron chi connectivity index (χ1n) is 5.81. The van der Waals surface area contributed by atoms with Gasteiger partial charge in [0.25, 0.3) is 0 Å². The molecular formula is C14H17F2NO. The number of carbonyl (C=O) groups excluding carboxylic acids is 1. The van der Waals surface area contributed by atoms with E-state index < -0.39 is 11.6 Å². The molecule has 0 atom stereocenters. The van der Waals surface area contributed by atoms with Crippen LogP contribution in [0, 0.1) is 11.6 Å². The molecule has 2 nitrogen and oxygen atoms in total. The molecule has 98 valence electrons. The van der Waals surface area contributed by atoms with E-state index in [1.807, 2.05) is 13.0 Å². The van der Waals surface area contributed by atoms with E-state index in [0.29, 0.717) is 11.1 Å². The second kappa shape index (κ2) is 6.28. The first-order valence-corrected chi connectivity index (χ1v) is 5.81. The summed E-state index contributed by atoms with van der Waals surface area (Å²) >= 11 is 0. The van der Waals surface area contributed by atoms with Gasteiger partial charge in [0.2, 0.25) is 5.91 Å². The Labute approximate surface area is 106 Å². The number of hydrogen-bond donors (Lipinski definition) is 0. The lowest BCUT2D eigenvalue weighted by Crippen LogP contribution is -2.27. The Hall–Kier alpha value is -1.71. The van der Waals surface area contributed by atoms with Crippen molar-refractivity contribution >= 4 is 5.91 Å². The Kier molecular flexibility index (Phi) is 5.01. The lowest BCUT2D eigenvalue weighted by molar-refractivity contribution is -0.126. The number of benzene rings is 1. The van der Waals surface area contributed by atoms with Gasteiger partial charge in [-0.1, -0.05) is 19.1 Å². The Morgan fingerprint density at radius 2 is 2.06 bits per heavy atom. The highest BCUT2D eigenvalue weighted by molar-refractivity contribution is 5.92. The van der Waals surface area contributed by atoms with Gasteiger partial charge in [-0.3, -0.25) is 4.79 Å². The van der Waals surface area contributed by atoms with Gasteiger partial charge in [0.1, 0.15) is 11.6 Å². The van der Waals surface area contributed by atoms with Gasteiger partial charge in [-0.25, -0.2) is 8.78 Å². The summed E-state index contributed by atoms with van der Waals surface area (Å²) in [5.74, 6) is -1.40. The van der Waals surface area contributed by atoms with Gasteiger partial charge in [0.05, 0.1) is 0 Å². The SMILES string of the molecule is CC/C=C(\C)C(=O)N(C)Cc1ccc(F)cc1F. The van der Waals surface area contributed by atoms with Crippen LogP contribution in [0.4, 0.5) is 8.78 Å². The molecular weight excluding hydrogens is 236 g/mol. The van der Waals surface area contributed by atoms with Crippen molar-refractivity contribution in [3.63, 3.8) is 0 Å². The Bertz CT molecular complexity index is 469. The third kappa shape index (κ3) is 3.65. The number of nitrogens with zero attached hydrogens (tertiary/aromatic N) is 1. The molecule has 0 unspecified atom stereocenters. The van der Waals surface area contributed by atoms with Crippen LogP contribution in [0.1, 0.15) is 25.8 Å². The van der Waals surface area contributed by atoms with Crippen LogP contribution in [-0.4, -0.2) is 17.9 Å². The number of rotatable bonds is 4. The van der Waals surface area contributed by atoms with Crippen molar-refractivity contribution < 1.29 is 13.6 Å². The molecule has 18 heavy (non-hydrogen) atoms. The predicted molar refractivity (Wildman–Crippen MR) is 66.9 cm³/mol. The van der Waals surface area contributed by atoms with Crippen molar-refractivity contribution in [1.29, 1.82) is 0 Å². The summed E-state index contributed by atoms with van der Waals surface area (Å²) in [6.07, 6.45) is 2.59. The summed E-state index contributed by atoms with van der Waals surface area (Å²) in [4.78, 5) is 13.3. The van der Waals surface area contributed by atoms with Gasteiger partial charge >= 0.3 is 0 Å². The Morgan fingerprint density at radius 3 is 2.61 bits per heavy atom. The molecule has 0 aliphatic heterocycles. The molecule has 0 bridgehead atoms. The number of amides is 1. The van der Waals surface area contributed by atoms with Crippen LogP contribution in [0.2, 0.25) is 0 Å². The molecule has 1 aromatic rings. The summed E-state index contributed by atoms with van der Waals surface area (Å²) in [6.45, 7) is 3.79. The smallest absolute Gasteiger partial charge is 0.249 e. The fraction of sp³-hybridized carbons (Fsp3) is 0.357. The van der Waals surface area contributed by atoms with Crippen LogP contribution < -0.4 is 0 Å². The van der Waals surface area contributed by atoms with E-state index in [9.17, 15) is 13.6 Å². The van der Waals surface area contributed by atoms with Crippen LogP contribution in [0.5, 0.6) is 0 Å². The zero-order chi connectivity index (χ0) is 13.7. The zero-order valence-electron chi connectivity index (χ0n) is 10.8. The predicted octanol–water partition coefficient (Wildman–Crippen LogP) is 3.28. The average Bonchev–Trinajstić information content (AvgIpc) is 2.32. The molecule has 0 saturated heterocycles. The lowest BCUT2D eigenvalue weighted by atomic mass is 10.1. The molecule has 1 rings (SSSR count). The first kappa shape index (κ1) is 14.4. The number of carbonyl (C=O) groups is 1. The molecule has 1 aromatic carbocycles. The zero-order valence-corrected chi connectivity index (χ0v) is 10.8. The lowest BCUT2D eigenvalue weighted by Gasteiger charge is -2.18. The third-order valence-corrected chi connectivity index (χ3v) is 2.62. The monoisotopic (exact) mass is 253 g/mol. The van der Waals surface area contributed by atoms with Crippen molar-refractivity contribution in [3.8, 4) is 0 Å². The molecule has 0 spiro atoms. The van der Waals surface area contributed by atoms with Gasteiger partial charge in [-0.05, 0) is 19.4 Å². The van der Waals surface area contributed by atoms with Crippen molar-refractivity contribution in [1.82, 2.24) is 4.90 Å². The standard InChI is InChI=1S/C14H17F2NO/c1-4-5-10(2)14(18)17(3)9-11-6-7-12(15)8-13(11)16/h5-8H,4,9H2,1-3H3/b10-5+. The van der Waals surface area contributed by atoms with Crippen molar-refractivity contribution in [3.05, 3.63) is 47.0 Å². The maximum absolute atomic E-state index is 13.4. The third-order valence-electron chi connectivity index (χ3n) is 2.62. The molecule has 1 amide bonds. The van der Waals surface area contributed by atoms with Crippen LogP contribution >= 0.6 is 0 Å². The average molecular weight is 253 g/mol. The van der Waals surface area contributed by atoms with Crippen LogP contribution in [0.15, 0.2) is 29.8 Å². The normalized spacial score (nSPS) is 11.5. The van der Waals surface area contributed by atoms with E-state index in [1.165, 1.54) is 17.0 Å². The number of hydrogen-bond acceptors (Lipinski definition) is 1. The van der Waals surface area contributed by atoms with E-state index in [4.69, 9.17) is 0 Å². The topological polar surface area (TPSA) is 20.3 Å². The summed E-state index contributed by atoms with van der Waals surface area (Å²) < 4.78 is 26.2. The van der Waals surface area contributed by atoms with Gasteiger partial charge in [-0.15, -0.1) is 0 Å². The highest BCUT2D eigenvalue weighted by Gasteiger charge is 2.13. The minimum Gasteiger partial charge on any atom is -0.338 e. The molecule has 0 fully saturated rings. The number of halogens is 2. The van der Waals surface area contributed by atoms with Gasteiger partial charge in [-0.2, -0.15) is 0 Å². The number of likely N-dealkylation sites (N-methyl/N-ethyl adjacent to an activating group) is 1. The molecule has 0 aromatic heterocycles. The largest absolute Gasteiger partial charge is 0.338 e. The minimum absolute atomic E-state index is 0.125. The summed E-state index contributed by atoms with van der Waals surface area (Å²) in [7, 11) is 1.60. The van der Waals surface area contributed by atoms with Gasteiger partial charge < -0.3 is 4.90 Å². The quantitative estimate of drug-likeness (QED) is 0.754. The Balaban J connectivity index is 2.78. The highest BCUT2D eigenvalue weighted by Crippen LogP contribution is 2.13. The second-order valence-corrected chi connectivity index (χ2v) is 4.19. The van der Waals surface area contributed by atoms with Crippen molar-refractivity contribution in [2.45, 2.75) is 26.8 Å². The van der Waals surface area contributed by atoms with Crippen LogP contribution in [-0.2, 0) is 11.3 Å². The molecule has 0 aliphatic carbocycles. The maximum atomic E-state index is 13.4. The molecule has 4 heteroatoms. The van der Waals surface area contributed by atoms with E-state index in [0.717, 1.165) is 12.5 Å². The summed E-state index contributed by atoms with van der Waals surface area (Å²) in [6, 6.07) is 3.36. The number of allylic oxidation sites excluding steroid dienone is 1. The van der Waals surface area contributed by atoms with E-state index in [2.05, 4.69) is 0 Å². The van der Waals surface area contributed by atoms with Crippen molar-refractivity contribution in [2.75, 3.05) is 7.05 Å². The molecule has 0 heterocycles.